The van der Waals surface area contributed by atoms with E-state index in [1.54, 1.807) is 0 Å². The summed E-state index contributed by atoms with van der Waals surface area (Å²) in [5.41, 5.74) is 0. The van der Waals surface area contributed by atoms with Crippen LogP contribution in [0.4, 0.5) is 66.7 Å². The third-order valence-corrected chi connectivity index (χ3v) is 7.59. The van der Waals surface area contributed by atoms with Gasteiger partial charge >= 0.3 is 68.6 Å². The predicted octanol–water partition coefficient (Wildman–Crippen LogP) is 6.50. The van der Waals surface area contributed by atoms with Crippen LogP contribution in [0.3, 0.4) is 0 Å². The monoisotopic (exact) mass is 846 g/mol. The Kier molecular flexibility index (Phi) is 12.4. The maximum Gasteiger partial charge on any atom is 0.460 e. The van der Waals surface area contributed by atoms with Gasteiger partial charge in [0.1, 0.15) is 18.1 Å². The van der Waals surface area contributed by atoms with Crippen molar-refractivity contribution in [2.45, 2.75) is 41.9 Å². The van der Waals surface area contributed by atoms with Crippen molar-refractivity contribution in [1.29, 1.82) is 0 Å². The van der Waals surface area contributed by atoms with Gasteiger partial charge in [0.2, 0.25) is 6.10 Å². The summed E-state index contributed by atoms with van der Waals surface area (Å²) in [6, 6.07) is 7.22. The molecule has 0 aliphatic rings. The summed E-state index contributed by atoms with van der Waals surface area (Å²) in [5, 5.41) is -0.0309. The lowest BCUT2D eigenvalue weighted by atomic mass is 9.91. The molecule has 1 unspecified atom stereocenters. The summed E-state index contributed by atoms with van der Waals surface area (Å²) >= 11 is 11.1. The molecule has 0 aliphatic heterocycles. The van der Waals surface area contributed by atoms with E-state index < -0.39 is 92.8 Å². The van der Waals surface area contributed by atoms with Crippen molar-refractivity contribution < 1.29 is 101 Å². The first-order valence-electron chi connectivity index (χ1n) is 12.1. The van der Waals surface area contributed by atoms with Crippen molar-refractivity contribution in [2.75, 3.05) is 6.61 Å². The maximum absolute atomic E-state index is 14.9. The van der Waals surface area contributed by atoms with Crippen LogP contribution in [0.25, 0.3) is 0 Å². The quantitative estimate of drug-likeness (QED) is 0.201. The average Bonchev–Trinajstić information content (AvgIpc) is 2.95. The van der Waals surface area contributed by atoms with Gasteiger partial charge in [-0.1, -0.05) is 23.2 Å². The van der Waals surface area contributed by atoms with Gasteiger partial charge in [0, 0.05) is 10.0 Å². The van der Waals surface area contributed by atoms with Gasteiger partial charge in [-0.05, 0) is 48.5 Å². The van der Waals surface area contributed by atoms with Crippen molar-refractivity contribution in [3.63, 3.8) is 0 Å². The van der Waals surface area contributed by atoms with Crippen molar-refractivity contribution >= 4 is 56.0 Å². The van der Waals surface area contributed by atoms with Crippen LogP contribution in [0.15, 0.2) is 48.5 Å². The van der Waals surface area contributed by atoms with Crippen LogP contribution < -0.4 is 17.8 Å². The highest BCUT2D eigenvalue weighted by molar-refractivity contribution is 7.85. The summed E-state index contributed by atoms with van der Waals surface area (Å²) in [7, 11) is -11.1. The molecular weight excluding hydrogens is 834 g/mol. The minimum absolute atomic E-state index is 0.00901. The molecule has 0 saturated heterocycles. The number of carbonyl (C=O) groups excluding carboxylic acids is 2. The molecule has 2 aromatic rings. The second kappa shape index (κ2) is 14.6. The SMILES string of the molecule is O=C(NS(=O)(=O)Oc1ccc(Cl)cc1)OCC(OC(=O)NS(=O)(=O)Oc1ccc(Cl)cc1)C(F)(F)C(F)(F)C(F)(F)C(F)(F)C(F)(F)C(F)(F)F. The van der Waals surface area contributed by atoms with Crippen LogP contribution in [0.1, 0.15) is 0 Å². The van der Waals surface area contributed by atoms with E-state index in [1.807, 2.05) is 0 Å². The topological polar surface area (TPSA) is 163 Å². The van der Waals surface area contributed by atoms with Gasteiger partial charge in [-0.2, -0.15) is 83.4 Å². The van der Waals surface area contributed by atoms with E-state index in [1.165, 1.54) is 0 Å². The van der Waals surface area contributed by atoms with Crippen LogP contribution >= 0.6 is 23.2 Å². The Morgan fingerprint density at radius 1 is 0.588 bits per heavy atom. The molecule has 2 rings (SSSR count). The first-order valence-corrected chi connectivity index (χ1v) is 15.7. The molecule has 0 saturated carbocycles. The standard InChI is InChI=1S/C22H13Cl2F13N2O10S2/c23-10-1-5-12(6-2-10)48-50(42,43)38-15(40)46-9-14(47-16(41)39-51(44,45)49-13-7-3-11(24)4-8-13)17(25,26)18(27,28)19(29,30)20(31,32)21(33,34)22(35,36)37/h1-8,14H,9H2,(H,38,40)(H,39,41). The summed E-state index contributed by atoms with van der Waals surface area (Å²) in [6.45, 7) is -2.90. The van der Waals surface area contributed by atoms with E-state index >= 15 is 0 Å². The van der Waals surface area contributed by atoms with Crippen LogP contribution in [0, 0.1) is 0 Å². The van der Waals surface area contributed by atoms with E-state index in [2.05, 4.69) is 17.8 Å². The molecule has 288 valence electrons. The lowest BCUT2D eigenvalue weighted by Gasteiger charge is -2.41. The average molecular weight is 847 g/mol. The van der Waals surface area contributed by atoms with Gasteiger partial charge in [-0.25, -0.2) is 9.59 Å². The van der Waals surface area contributed by atoms with Gasteiger partial charge in [0.05, 0.1) is 0 Å². The Balaban J connectivity index is 2.46. The molecule has 12 nitrogen and oxygen atoms in total. The summed E-state index contributed by atoms with van der Waals surface area (Å²) < 4.78 is 243. The Bertz CT molecular complexity index is 1800. The molecule has 29 heteroatoms. The fourth-order valence-electron chi connectivity index (χ4n) is 3.01. The molecule has 51 heavy (non-hydrogen) atoms. The molecule has 1 atom stereocenters. The molecule has 0 fully saturated rings. The fraction of sp³-hybridized carbons (Fsp3) is 0.364. The highest BCUT2D eigenvalue weighted by Crippen LogP contribution is 2.60. The van der Waals surface area contributed by atoms with Gasteiger partial charge in [-0.15, -0.1) is 0 Å². The molecule has 0 bridgehead atoms. The van der Waals surface area contributed by atoms with Gasteiger partial charge in [-0.3, -0.25) is 0 Å². The number of hydrogen-bond donors (Lipinski definition) is 2. The number of benzene rings is 2. The number of ether oxygens (including phenoxy) is 2. The van der Waals surface area contributed by atoms with Gasteiger partial charge in [0.15, 0.2) is 0 Å². The van der Waals surface area contributed by atoms with Crippen LogP contribution in [0.2, 0.25) is 10.0 Å². The Morgan fingerprint density at radius 3 is 1.31 bits per heavy atom. The van der Waals surface area contributed by atoms with Crippen molar-refractivity contribution in [3.8, 4) is 11.5 Å². The van der Waals surface area contributed by atoms with Gasteiger partial charge < -0.3 is 17.8 Å². The van der Waals surface area contributed by atoms with Crippen molar-refractivity contribution in [1.82, 2.24) is 9.44 Å². The third kappa shape index (κ3) is 9.73. The number of halogens is 15. The first kappa shape index (κ1) is 43.3. The number of rotatable bonds is 14. The normalized spacial score (nSPS) is 14.3. The lowest BCUT2D eigenvalue weighted by molar-refractivity contribution is -0.444. The summed E-state index contributed by atoms with van der Waals surface area (Å²) in [5.74, 6) is -41.9. The molecular formula is C22H13Cl2F13N2O10S2. The Hall–Kier alpha value is -3.85. The van der Waals surface area contributed by atoms with Crippen LogP contribution in [-0.4, -0.2) is 77.5 Å². The van der Waals surface area contributed by atoms with Gasteiger partial charge in [0.25, 0.3) is 0 Å². The van der Waals surface area contributed by atoms with E-state index in [0.717, 1.165) is 53.3 Å². The zero-order chi connectivity index (χ0) is 39.6. The Labute approximate surface area is 285 Å². The molecule has 2 aromatic carbocycles. The fourth-order valence-corrected chi connectivity index (χ4v) is 4.59. The molecule has 0 heterocycles. The first-order chi connectivity index (χ1) is 22.8. The molecule has 2 N–H and O–H groups in total. The second-order valence-electron chi connectivity index (χ2n) is 9.10. The summed E-state index contributed by atoms with van der Waals surface area (Å²) in [6.07, 6.45) is -18.1. The molecule has 0 spiro atoms. The van der Waals surface area contributed by atoms with E-state index in [4.69, 9.17) is 23.2 Å². The number of carbonyl (C=O) groups is 2. The van der Waals surface area contributed by atoms with Crippen LogP contribution in [0.5, 0.6) is 11.5 Å². The van der Waals surface area contributed by atoms with Crippen molar-refractivity contribution in [3.05, 3.63) is 58.6 Å². The maximum atomic E-state index is 14.9. The number of amides is 2. The van der Waals surface area contributed by atoms with Crippen molar-refractivity contribution in [2.24, 2.45) is 0 Å². The highest BCUT2D eigenvalue weighted by atomic mass is 35.5. The number of nitrogens with one attached hydrogen (secondary N) is 2. The number of hydrogen-bond acceptors (Lipinski definition) is 10. The van der Waals surface area contributed by atoms with E-state index in [-0.39, 0.29) is 10.0 Å². The zero-order valence-corrected chi connectivity index (χ0v) is 26.6. The Morgan fingerprint density at radius 2 is 0.941 bits per heavy atom. The zero-order valence-electron chi connectivity index (χ0n) is 23.5. The molecule has 0 aromatic heterocycles. The van der Waals surface area contributed by atoms with E-state index in [0.29, 0.717) is 4.72 Å². The van der Waals surface area contributed by atoms with Crippen LogP contribution in [-0.2, 0) is 30.1 Å². The molecule has 0 radical (unpaired) electrons. The predicted molar refractivity (Wildman–Crippen MR) is 141 cm³/mol. The van der Waals surface area contributed by atoms with E-state index in [9.17, 15) is 83.5 Å². The lowest BCUT2D eigenvalue weighted by Crippen LogP contribution is -2.72. The minimum Gasteiger partial charge on any atom is -0.445 e. The molecule has 0 aliphatic carbocycles. The second-order valence-corrected chi connectivity index (χ2v) is 12.5. The number of alkyl halides is 13. The smallest absolute Gasteiger partial charge is 0.445 e. The molecule has 2 amide bonds. The minimum atomic E-state index is -8.44. The highest BCUT2D eigenvalue weighted by Gasteiger charge is 2.91. The summed E-state index contributed by atoms with van der Waals surface area (Å²) in [4.78, 5) is 24.0. The third-order valence-electron chi connectivity index (χ3n) is 5.43. The largest absolute Gasteiger partial charge is 0.460 e.